The minimum Gasteiger partial charge on any atom is -0.508 e. The molecule has 3 aromatic heterocycles. The topological polar surface area (TPSA) is 100 Å². The van der Waals surface area contributed by atoms with Gasteiger partial charge in [-0.1, -0.05) is 35.3 Å². The molecule has 192 valence electrons. The van der Waals surface area contributed by atoms with Gasteiger partial charge in [0.05, 0.1) is 49.5 Å². The van der Waals surface area contributed by atoms with E-state index in [4.69, 9.17) is 28.3 Å². The molecule has 38 heavy (non-hydrogen) atoms. The molecule has 0 radical (unpaired) electrons. The average Bonchev–Trinajstić information content (AvgIpc) is 3.60. The summed E-state index contributed by atoms with van der Waals surface area (Å²) in [4.78, 5) is 18.6. The van der Waals surface area contributed by atoms with Gasteiger partial charge in [-0.05, 0) is 72.6 Å². The summed E-state index contributed by atoms with van der Waals surface area (Å²) in [6.45, 7) is -0.219. The number of nitrogens with one attached hydrogen (secondary N) is 1. The second-order valence-electron chi connectivity index (χ2n) is 8.55. The fourth-order valence-corrected chi connectivity index (χ4v) is 5.16. The van der Waals surface area contributed by atoms with E-state index in [-0.39, 0.29) is 18.3 Å². The smallest absolute Gasteiger partial charge is 0.261 e. The predicted molar refractivity (Wildman–Crippen MR) is 150 cm³/mol. The number of nitrogens with zero attached hydrogens (tertiary/aromatic N) is 3. The van der Waals surface area contributed by atoms with Gasteiger partial charge in [0, 0.05) is 18.0 Å². The van der Waals surface area contributed by atoms with Crippen LogP contribution in [0.4, 0.5) is 0 Å². The molecule has 3 heterocycles. The molecule has 3 N–H and O–H groups in total. The van der Waals surface area contributed by atoms with E-state index < -0.39 is 6.04 Å². The second-order valence-corrected chi connectivity index (χ2v) is 10.5. The first-order chi connectivity index (χ1) is 18.4. The number of carbonyl (C=O) groups is 1. The van der Waals surface area contributed by atoms with Crippen LogP contribution in [0, 0.1) is 0 Å². The van der Waals surface area contributed by atoms with E-state index in [1.54, 1.807) is 59.5 Å². The van der Waals surface area contributed by atoms with Gasteiger partial charge < -0.3 is 15.5 Å². The Morgan fingerprint density at radius 3 is 2.55 bits per heavy atom. The molecule has 0 saturated carbocycles. The van der Waals surface area contributed by atoms with Crippen molar-refractivity contribution in [2.45, 2.75) is 12.5 Å². The molecule has 7 nitrogen and oxygen atoms in total. The van der Waals surface area contributed by atoms with Gasteiger partial charge in [0.15, 0.2) is 0 Å². The van der Waals surface area contributed by atoms with Gasteiger partial charge in [-0.25, -0.2) is 4.68 Å². The van der Waals surface area contributed by atoms with Crippen LogP contribution in [0.5, 0.6) is 5.75 Å². The molecule has 0 aliphatic rings. The number of benzene rings is 2. The summed E-state index contributed by atoms with van der Waals surface area (Å²) >= 11 is 13.7. The molecule has 1 amide bonds. The van der Waals surface area contributed by atoms with E-state index in [0.29, 0.717) is 27.0 Å². The standard InChI is InChI=1S/C28H22Cl2N4O3S/c29-22-8-5-20(13-23(22)30)34-25(14-24(33-34)18-2-1-11-31-15-18)26-9-10-27(38-26)28(37)32-19(16-35)12-17-3-6-21(36)7-4-17/h1-11,13-15,19,35-36H,12,16H2,(H,32,37)/t19-/m0/s1. The Hall–Kier alpha value is -3.69. The van der Waals surface area contributed by atoms with Crippen molar-refractivity contribution < 1.29 is 15.0 Å². The number of phenolic OH excluding ortho intramolecular Hbond substituents is 1. The van der Waals surface area contributed by atoms with Crippen molar-refractivity contribution in [3.63, 3.8) is 0 Å². The molecule has 5 aromatic rings. The zero-order valence-corrected chi connectivity index (χ0v) is 22.2. The lowest BCUT2D eigenvalue weighted by atomic mass is 10.1. The number of halogens is 2. The third-order valence-corrected chi connectivity index (χ3v) is 7.72. The fraction of sp³-hybridized carbons (Fsp3) is 0.107. The Morgan fingerprint density at radius 1 is 1.03 bits per heavy atom. The third kappa shape index (κ3) is 5.74. The van der Waals surface area contributed by atoms with Gasteiger partial charge in [0.1, 0.15) is 5.75 Å². The first-order valence-electron chi connectivity index (χ1n) is 11.7. The number of carbonyl (C=O) groups excluding carboxylic acids is 1. The van der Waals surface area contributed by atoms with E-state index in [1.165, 1.54) is 11.3 Å². The van der Waals surface area contributed by atoms with E-state index in [0.717, 1.165) is 27.4 Å². The van der Waals surface area contributed by atoms with Gasteiger partial charge in [-0.3, -0.25) is 9.78 Å². The summed E-state index contributed by atoms with van der Waals surface area (Å²) in [6.07, 6.45) is 3.87. The van der Waals surface area contributed by atoms with Crippen molar-refractivity contribution in [2.24, 2.45) is 0 Å². The number of hydrogen-bond acceptors (Lipinski definition) is 6. The monoisotopic (exact) mass is 564 g/mol. The maximum atomic E-state index is 13.1. The molecule has 0 aliphatic heterocycles. The summed E-state index contributed by atoms with van der Waals surface area (Å²) in [5, 5.41) is 27.9. The van der Waals surface area contributed by atoms with Crippen molar-refractivity contribution in [2.75, 3.05) is 6.61 Å². The van der Waals surface area contributed by atoms with Gasteiger partial charge in [0.25, 0.3) is 5.91 Å². The van der Waals surface area contributed by atoms with Crippen LogP contribution in [-0.4, -0.2) is 43.5 Å². The number of aliphatic hydroxyl groups is 1. The van der Waals surface area contributed by atoms with E-state index in [9.17, 15) is 15.0 Å². The Balaban J connectivity index is 1.43. The summed E-state index contributed by atoms with van der Waals surface area (Å²) in [6, 6.07) is 20.8. The summed E-state index contributed by atoms with van der Waals surface area (Å²) in [5.74, 6) is -0.122. The Bertz CT molecular complexity index is 1570. The van der Waals surface area contributed by atoms with Crippen LogP contribution in [0.25, 0.3) is 27.5 Å². The quantitative estimate of drug-likeness (QED) is 0.214. The second kappa shape index (κ2) is 11.4. The Kier molecular flexibility index (Phi) is 7.76. The average molecular weight is 565 g/mol. The van der Waals surface area contributed by atoms with Crippen LogP contribution in [0.15, 0.2) is 85.2 Å². The van der Waals surface area contributed by atoms with Crippen LogP contribution in [-0.2, 0) is 6.42 Å². The van der Waals surface area contributed by atoms with Crippen LogP contribution in [0.2, 0.25) is 10.0 Å². The van der Waals surface area contributed by atoms with Crippen molar-refractivity contribution in [3.05, 3.63) is 106 Å². The van der Waals surface area contributed by atoms with Gasteiger partial charge >= 0.3 is 0 Å². The van der Waals surface area contributed by atoms with Crippen LogP contribution in [0.3, 0.4) is 0 Å². The maximum Gasteiger partial charge on any atom is 0.261 e. The molecular formula is C28H22Cl2N4O3S. The first-order valence-corrected chi connectivity index (χ1v) is 13.2. The number of phenols is 1. The van der Waals surface area contributed by atoms with Gasteiger partial charge in [-0.15, -0.1) is 11.3 Å². The molecule has 0 bridgehead atoms. The number of pyridine rings is 1. The van der Waals surface area contributed by atoms with Crippen molar-refractivity contribution >= 4 is 40.4 Å². The zero-order chi connectivity index (χ0) is 26.6. The maximum absolute atomic E-state index is 13.1. The molecule has 10 heteroatoms. The van der Waals surface area contributed by atoms with E-state index in [1.807, 2.05) is 30.3 Å². The highest BCUT2D eigenvalue weighted by molar-refractivity contribution is 7.17. The minimum absolute atomic E-state index is 0.163. The van der Waals surface area contributed by atoms with Crippen LogP contribution in [0.1, 0.15) is 15.2 Å². The normalized spacial score (nSPS) is 11.9. The largest absolute Gasteiger partial charge is 0.508 e. The summed E-state index contributed by atoms with van der Waals surface area (Å²) < 4.78 is 1.76. The first kappa shape index (κ1) is 25.9. The molecule has 0 aliphatic carbocycles. The zero-order valence-electron chi connectivity index (χ0n) is 19.9. The molecule has 5 rings (SSSR count). The van der Waals surface area contributed by atoms with E-state index in [2.05, 4.69) is 10.3 Å². The summed E-state index contributed by atoms with van der Waals surface area (Å²) in [7, 11) is 0. The third-order valence-electron chi connectivity index (χ3n) is 5.87. The van der Waals surface area contributed by atoms with Gasteiger partial charge in [0.2, 0.25) is 0 Å². The number of hydrogen-bond donors (Lipinski definition) is 3. The Morgan fingerprint density at radius 2 is 1.84 bits per heavy atom. The summed E-state index contributed by atoms with van der Waals surface area (Å²) in [5.41, 5.74) is 3.95. The van der Waals surface area contributed by atoms with Crippen molar-refractivity contribution in [1.29, 1.82) is 0 Å². The number of amides is 1. The number of aliphatic hydroxyl groups excluding tert-OH is 1. The lowest BCUT2D eigenvalue weighted by Crippen LogP contribution is -2.38. The molecule has 0 spiro atoms. The number of rotatable bonds is 8. The number of thiophene rings is 1. The number of aromatic nitrogens is 3. The van der Waals surface area contributed by atoms with E-state index >= 15 is 0 Å². The lowest BCUT2D eigenvalue weighted by molar-refractivity contribution is 0.0920. The highest BCUT2D eigenvalue weighted by Gasteiger charge is 2.19. The molecule has 0 saturated heterocycles. The molecule has 1 atom stereocenters. The van der Waals surface area contributed by atoms with Crippen molar-refractivity contribution in [1.82, 2.24) is 20.1 Å². The fourth-order valence-electron chi connectivity index (χ4n) is 3.96. The molecule has 2 aromatic carbocycles. The predicted octanol–water partition coefficient (Wildman–Crippen LogP) is 6.01. The van der Waals surface area contributed by atoms with Crippen LogP contribution >= 0.6 is 34.5 Å². The highest BCUT2D eigenvalue weighted by atomic mass is 35.5. The molecular weight excluding hydrogens is 543 g/mol. The molecule has 0 unspecified atom stereocenters. The Labute approximate surface area is 232 Å². The minimum atomic E-state index is -0.475. The number of aromatic hydroxyl groups is 1. The SMILES string of the molecule is O=C(N[C@H](CO)Cc1ccc(O)cc1)c1ccc(-c2cc(-c3cccnc3)nn2-c2ccc(Cl)c(Cl)c2)s1. The highest BCUT2D eigenvalue weighted by Crippen LogP contribution is 2.34. The van der Waals surface area contributed by atoms with Gasteiger partial charge in [-0.2, -0.15) is 5.10 Å². The molecule has 0 fully saturated rings. The lowest BCUT2D eigenvalue weighted by Gasteiger charge is -2.16. The van der Waals surface area contributed by atoms with Crippen molar-refractivity contribution in [3.8, 4) is 33.3 Å². The van der Waals surface area contributed by atoms with Crippen LogP contribution < -0.4 is 5.32 Å².